The molecule has 2 N–H and O–H groups in total. The van der Waals surface area contributed by atoms with Crippen LogP contribution < -0.4 is 10.5 Å². The average Bonchev–Trinajstić information content (AvgIpc) is 2.21. The summed E-state index contributed by atoms with van der Waals surface area (Å²) in [5.74, 6) is 0.786. The van der Waals surface area contributed by atoms with Gasteiger partial charge in [-0.2, -0.15) is 0 Å². The van der Waals surface area contributed by atoms with Gasteiger partial charge in [0.25, 0.3) is 0 Å². The topological polar surface area (TPSA) is 35.2 Å². The molecule has 0 aromatic heterocycles. The molecule has 0 aliphatic heterocycles. The number of methoxy groups -OCH3 is 1. The van der Waals surface area contributed by atoms with Crippen molar-refractivity contribution in [2.24, 2.45) is 11.1 Å². The van der Waals surface area contributed by atoms with Crippen LogP contribution in [0.25, 0.3) is 0 Å². The van der Waals surface area contributed by atoms with E-state index < -0.39 is 0 Å². The highest BCUT2D eigenvalue weighted by Crippen LogP contribution is 2.28. The molecular weight excluding hydrogens is 210 g/mol. The number of hydrogen-bond donors (Lipinski definition) is 1. The second kappa shape index (κ2) is 4.86. The van der Waals surface area contributed by atoms with Gasteiger partial charge in [0.1, 0.15) is 5.75 Å². The minimum absolute atomic E-state index is 0.0816. The molecule has 0 radical (unpaired) electrons. The van der Waals surface area contributed by atoms with Gasteiger partial charge in [-0.3, -0.25) is 0 Å². The molecule has 0 saturated carbocycles. The molecular formula is C12H18ClNO. The van der Waals surface area contributed by atoms with Gasteiger partial charge in [0.15, 0.2) is 0 Å². The molecule has 0 amide bonds. The normalized spacial score (nSPS) is 11.5. The molecule has 0 bridgehead atoms. The van der Waals surface area contributed by atoms with Gasteiger partial charge in [0, 0.05) is 5.02 Å². The summed E-state index contributed by atoms with van der Waals surface area (Å²) in [6, 6.07) is 5.76. The second-order valence-corrected chi connectivity index (χ2v) is 4.91. The van der Waals surface area contributed by atoms with E-state index in [1.54, 1.807) is 7.11 Å². The van der Waals surface area contributed by atoms with Crippen LogP contribution in [-0.4, -0.2) is 13.7 Å². The first-order valence-corrected chi connectivity index (χ1v) is 5.39. The lowest BCUT2D eigenvalue weighted by Crippen LogP contribution is -2.26. The molecule has 0 fully saturated rings. The zero-order valence-electron chi connectivity index (χ0n) is 9.51. The van der Waals surface area contributed by atoms with Crippen LogP contribution >= 0.6 is 11.6 Å². The first-order chi connectivity index (χ1) is 6.98. The Hall–Kier alpha value is -0.730. The summed E-state index contributed by atoms with van der Waals surface area (Å²) in [7, 11) is 1.63. The van der Waals surface area contributed by atoms with Crippen LogP contribution in [-0.2, 0) is 6.42 Å². The molecule has 84 valence electrons. The van der Waals surface area contributed by atoms with Crippen molar-refractivity contribution in [1.29, 1.82) is 0 Å². The zero-order chi connectivity index (χ0) is 11.5. The van der Waals surface area contributed by atoms with Crippen molar-refractivity contribution in [2.75, 3.05) is 13.7 Å². The molecule has 0 unspecified atom stereocenters. The lowest BCUT2D eigenvalue weighted by molar-refractivity contribution is 0.376. The van der Waals surface area contributed by atoms with E-state index in [-0.39, 0.29) is 5.41 Å². The maximum absolute atomic E-state index is 6.15. The van der Waals surface area contributed by atoms with E-state index in [0.717, 1.165) is 22.8 Å². The molecule has 2 nitrogen and oxygen atoms in total. The minimum atomic E-state index is 0.0816. The molecule has 0 saturated heterocycles. The zero-order valence-corrected chi connectivity index (χ0v) is 10.3. The predicted octanol–water partition coefficient (Wildman–Crippen LogP) is 2.88. The van der Waals surface area contributed by atoms with Crippen LogP contribution in [0.1, 0.15) is 19.4 Å². The Labute approximate surface area is 96.4 Å². The number of benzene rings is 1. The third kappa shape index (κ3) is 3.40. The Kier molecular flexibility index (Phi) is 4.00. The quantitative estimate of drug-likeness (QED) is 0.859. The Balaban J connectivity index is 2.87. The van der Waals surface area contributed by atoms with E-state index in [9.17, 15) is 0 Å². The summed E-state index contributed by atoms with van der Waals surface area (Å²) in [4.78, 5) is 0. The van der Waals surface area contributed by atoms with Crippen molar-refractivity contribution in [2.45, 2.75) is 20.3 Å². The minimum Gasteiger partial charge on any atom is -0.497 e. The first kappa shape index (κ1) is 12.3. The summed E-state index contributed by atoms with van der Waals surface area (Å²) >= 11 is 6.15. The number of halogens is 1. The van der Waals surface area contributed by atoms with Crippen LogP contribution in [0, 0.1) is 5.41 Å². The molecule has 0 atom stereocenters. The van der Waals surface area contributed by atoms with Crippen molar-refractivity contribution >= 4 is 11.6 Å². The van der Waals surface area contributed by atoms with Crippen molar-refractivity contribution in [3.63, 3.8) is 0 Å². The third-order valence-corrected chi connectivity index (χ3v) is 2.83. The Bertz CT molecular complexity index is 336. The molecule has 1 rings (SSSR count). The van der Waals surface area contributed by atoms with Crippen LogP contribution in [0.4, 0.5) is 0 Å². The number of rotatable bonds is 4. The summed E-state index contributed by atoms with van der Waals surface area (Å²) in [6.45, 7) is 4.91. The van der Waals surface area contributed by atoms with Crippen LogP contribution in [0.5, 0.6) is 5.75 Å². The summed E-state index contributed by atoms with van der Waals surface area (Å²) < 4.78 is 5.10. The summed E-state index contributed by atoms with van der Waals surface area (Å²) in [5, 5.41) is 0.746. The average molecular weight is 228 g/mol. The van der Waals surface area contributed by atoms with Crippen LogP contribution in [0.15, 0.2) is 18.2 Å². The van der Waals surface area contributed by atoms with Crippen molar-refractivity contribution in [3.05, 3.63) is 28.8 Å². The molecule has 3 heteroatoms. The van der Waals surface area contributed by atoms with Gasteiger partial charge in [-0.1, -0.05) is 31.5 Å². The Morgan fingerprint density at radius 2 is 2.07 bits per heavy atom. The SMILES string of the molecule is COc1ccc(CC(C)(C)CN)c(Cl)c1. The molecule has 1 aromatic rings. The van der Waals surface area contributed by atoms with E-state index in [2.05, 4.69) is 13.8 Å². The van der Waals surface area contributed by atoms with E-state index in [1.807, 2.05) is 18.2 Å². The van der Waals surface area contributed by atoms with Gasteiger partial charge < -0.3 is 10.5 Å². The fourth-order valence-corrected chi connectivity index (χ4v) is 1.62. The predicted molar refractivity (Wildman–Crippen MR) is 64.5 cm³/mol. The van der Waals surface area contributed by atoms with Crippen molar-refractivity contribution < 1.29 is 4.74 Å². The number of nitrogens with two attached hydrogens (primary N) is 1. The van der Waals surface area contributed by atoms with Gasteiger partial charge in [0.2, 0.25) is 0 Å². The molecule has 15 heavy (non-hydrogen) atoms. The Morgan fingerprint density at radius 1 is 1.40 bits per heavy atom. The van der Waals surface area contributed by atoms with Crippen molar-refractivity contribution in [3.8, 4) is 5.75 Å². The van der Waals surface area contributed by atoms with Gasteiger partial charge in [-0.15, -0.1) is 0 Å². The Morgan fingerprint density at radius 3 is 2.53 bits per heavy atom. The monoisotopic (exact) mass is 227 g/mol. The smallest absolute Gasteiger partial charge is 0.120 e. The van der Waals surface area contributed by atoms with Gasteiger partial charge >= 0.3 is 0 Å². The molecule has 0 heterocycles. The molecule has 0 aliphatic carbocycles. The van der Waals surface area contributed by atoms with E-state index >= 15 is 0 Å². The van der Waals surface area contributed by atoms with Gasteiger partial charge in [-0.05, 0) is 36.1 Å². The van der Waals surface area contributed by atoms with Gasteiger partial charge in [0.05, 0.1) is 7.11 Å². The van der Waals surface area contributed by atoms with Gasteiger partial charge in [-0.25, -0.2) is 0 Å². The van der Waals surface area contributed by atoms with E-state index in [1.165, 1.54) is 0 Å². The first-order valence-electron chi connectivity index (χ1n) is 5.01. The molecule has 0 spiro atoms. The second-order valence-electron chi connectivity index (χ2n) is 4.50. The third-order valence-electron chi connectivity index (χ3n) is 2.48. The highest BCUT2D eigenvalue weighted by molar-refractivity contribution is 6.31. The highest BCUT2D eigenvalue weighted by atomic mass is 35.5. The van der Waals surface area contributed by atoms with Crippen molar-refractivity contribution in [1.82, 2.24) is 0 Å². The maximum atomic E-state index is 6.15. The molecule has 0 aliphatic rings. The largest absolute Gasteiger partial charge is 0.497 e. The standard InChI is InChI=1S/C12H18ClNO/c1-12(2,8-14)7-9-4-5-10(15-3)6-11(9)13/h4-6H,7-8,14H2,1-3H3. The van der Waals surface area contributed by atoms with E-state index in [4.69, 9.17) is 22.1 Å². The fourth-order valence-electron chi connectivity index (χ4n) is 1.39. The fraction of sp³-hybridized carbons (Fsp3) is 0.500. The number of ether oxygens (including phenoxy) is 1. The van der Waals surface area contributed by atoms with Crippen LogP contribution in [0.2, 0.25) is 5.02 Å². The lowest BCUT2D eigenvalue weighted by atomic mass is 9.86. The van der Waals surface area contributed by atoms with E-state index in [0.29, 0.717) is 6.54 Å². The highest BCUT2D eigenvalue weighted by Gasteiger charge is 2.17. The lowest BCUT2D eigenvalue weighted by Gasteiger charge is -2.23. The maximum Gasteiger partial charge on any atom is 0.120 e. The van der Waals surface area contributed by atoms with Crippen LogP contribution in [0.3, 0.4) is 0 Å². The molecule has 1 aromatic carbocycles. The number of hydrogen-bond acceptors (Lipinski definition) is 2. The summed E-state index contributed by atoms with van der Waals surface area (Å²) in [6.07, 6.45) is 0.881. The summed E-state index contributed by atoms with van der Waals surface area (Å²) in [5.41, 5.74) is 6.89.